The van der Waals surface area contributed by atoms with Gasteiger partial charge in [-0.25, -0.2) is 4.79 Å². The molecule has 176 valence electrons. The van der Waals surface area contributed by atoms with Crippen LogP contribution in [-0.4, -0.2) is 66.1 Å². The molecule has 2 saturated heterocycles. The number of hydrogen-bond donors (Lipinski definition) is 2. The third-order valence-electron chi connectivity index (χ3n) is 7.37. The predicted octanol–water partition coefficient (Wildman–Crippen LogP) is 2.89. The Morgan fingerprint density at radius 1 is 1.00 bits per heavy atom. The Labute approximate surface area is 191 Å². The van der Waals surface area contributed by atoms with Crippen LogP contribution < -0.4 is 11.1 Å². The molecule has 3 fully saturated rings. The van der Waals surface area contributed by atoms with Gasteiger partial charge in [0.1, 0.15) is 0 Å². The summed E-state index contributed by atoms with van der Waals surface area (Å²) in [6.45, 7) is 3.64. The molecule has 3 amide bonds. The Morgan fingerprint density at radius 3 is 2.44 bits per heavy atom. The van der Waals surface area contributed by atoms with Crippen molar-refractivity contribution in [3.8, 4) is 0 Å². The maximum absolute atomic E-state index is 12.9. The van der Waals surface area contributed by atoms with Gasteiger partial charge < -0.3 is 25.6 Å². The lowest BCUT2D eigenvalue weighted by atomic mass is 9.81. The van der Waals surface area contributed by atoms with Gasteiger partial charge in [-0.15, -0.1) is 0 Å². The van der Waals surface area contributed by atoms with E-state index < -0.39 is 6.04 Å². The van der Waals surface area contributed by atoms with Gasteiger partial charge in [0.25, 0.3) is 0 Å². The van der Waals surface area contributed by atoms with Crippen LogP contribution in [0.15, 0.2) is 30.3 Å². The average molecular weight is 443 g/mol. The van der Waals surface area contributed by atoms with Crippen molar-refractivity contribution in [1.82, 2.24) is 15.1 Å². The molecule has 7 heteroatoms. The number of carbonyl (C=O) groups is 2. The second-order valence-electron chi connectivity index (χ2n) is 9.61. The van der Waals surface area contributed by atoms with Gasteiger partial charge in [-0.3, -0.25) is 4.79 Å². The number of carbonyl (C=O) groups excluding carboxylic acids is 2. The van der Waals surface area contributed by atoms with Crippen molar-refractivity contribution < 1.29 is 14.3 Å². The summed E-state index contributed by atoms with van der Waals surface area (Å²) in [5.74, 6) is 0.340. The van der Waals surface area contributed by atoms with Crippen molar-refractivity contribution in [2.75, 3.05) is 26.2 Å². The van der Waals surface area contributed by atoms with Crippen LogP contribution in [0.4, 0.5) is 4.79 Å². The zero-order chi connectivity index (χ0) is 22.3. The maximum atomic E-state index is 12.9. The van der Waals surface area contributed by atoms with Gasteiger partial charge >= 0.3 is 6.03 Å². The second-order valence-corrected chi connectivity index (χ2v) is 9.61. The van der Waals surface area contributed by atoms with Crippen molar-refractivity contribution in [3.63, 3.8) is 0 Å². The number of nitrogens with two attached hydrogens (primary N) is 1. The minimum atomic E-state index is -0.394. The van der Waals surface area contributed by atoms with Crippen molar-refractivity contribution in [1.29, 1.82) is 0 Å². The molecule has 3 aliphatic rings. The lowest BCUT2D eigenvalue weighted by Gasteiger charge is -2.34. The van der Waals surface area contributed by atoms with Gasteiger partial charge in [0.2, 0.25) is 5.91 Å². The molecule has 4 rings (SSSR count). The standard InChI is InChI=1S/C25H38N4O3/c26-23(24(30)28-14-4-5-15-28)20-10-12-21(13-11-20)27-25(31)29-16-6-9-22(29)18-32-17-19-7-2-1-3-8-19/h1-3,7-8,20-23H,4-6,9-18,26H2,(H,27,31)/t20?,21?,22?,23-/m0/s1. The molecule has 1 aliphatic carbocycles. The fourth-order valence-electron chi connectivity index (χ4n) is 5.39. The highest BCUT2D eigenvalue weighted by atomic mass is 16.5. The van der Waals surface area contributed by atoms with Crippen molar-refractivity contribution in [3.05, 3.63) is 35.9 Å². The van der Waals surface area contributed by atoms with Crippen LogP contribution in [0.25, 0.3) is 0 Å². The topological polar surface area (TPSA) is 87.9 Å². The highest BCUT2D eigenvalue weighted by molar-refractivity contribution is 5.82. The first-order valence-corrected chi connectivity index (χ1v) is 12.3. The fraction of sp³-hybridized carbons (Fsp3) is 0.680. The summed E-state index contributed by atoms with van der Waals surface area (Å²) in [4.78, 5) is 29.4. The molecule has 1 aromatic carbocycles. The van der Waals surface area contributed by atoms with Gasteiger partial charge in [-0.05, 0) is 62.8 Å². The normalized spacial score (nSPS) is 26.8. The highest BCUT2D eigenvalue weighted by Gasteiger charge is 2.35. The summed E-state index contributed by atoms with van der Waals surface area (Å²) in [7, 11) is 0. The van der Waals surface area contributed by atoms with Crippen LogP contribution in [0, 0.1) is 5.92 Å². The SMILES string of the molecule is N[C@H](C(=O)N1CCCC1)C1CCC(NC(=O)N2CCCC2COCc2ccccc2)CC1. The number of ether oxygens (including phenoxy) is 1. The Hall–Kier alpha value is -2.12. The van der Waals surface area contributed by atoms with Crippen molar-refractivity contribution in [2.45, 2.75) is 76.1 Å². The summed E-state index contributed by atoms with van der Waals surface area (Å²) >= 11 is 0. The average Bonchev–Trinajstić information content (AvgIpc) is 3.52. The predicted molar refractivity (Wildman–Crippen MR) is 124 cm³/mol. The molecule has 1 saturated carbocycles. The molecule has 0 spiro atoms. The molecule has 32 heavy (non-hydrogen) atoms. The molecule has 1 aromatic rings. The Kier molecular flexibility index (Phi) is 8.03. The maximum Gasteiger partial charge on any atom is 0.317 e. The van der Waals surface area contributed by atoms with Gasteiger partial charge in [0.05, 0.1) is 25.3 Å². The van der Waals surface area contributed by atoms with E-state index in [1.807, 2.05) is 28.0 Å². The number of urea groups is 1. The first-order valence-electron chi connectivity index (χ1n) is 12.3. The number of nitrogens with zero attached hydrogens (tertiary/aromatic N) is 2. The van der Waals surface area contributed by atoms with Crippen LogP contribution in [0.5, 0.6) is 0 Å². The minimum Gasteiger partial charge on any atom is -0.375 e. The van der Waals surface area contributed by atoms with Crippen LogP contribution >= 0.6 is 0 Å². The lowest BCUT2D eigenvalue weighted by Crippen LogP contribution is -2.51. The van der Waals surface area contributed by atoms with E-state index in [1.165, 1.54) is 0 Å². The fourth-order valence-corrected chi connectivity index (χ4v) is 5.39. The second kappa shape index (κ2) is 11.1. The van der Waals surface area contributed by atoms with E-state index in [-0.39, 0.29) is 29.9 Å². The van der Waals surface area contributed by atoms with E-state index in [1.54, 1.807) is 0 Å². The summed E-state index contributed by atoms with van der Waals surface area (Å²) in [6, 6.07) is 10.1. The number of hydrogen-bond acceptors (Lipinski definition) is 4. The van der Waals surface area contributed by atoms with E-state index in [9.17, 15) is 9.59 Å². The molecular formula is C25H38N4O3. The quantitative estimate of drug-likeness (QED) is 0.680. The summed E-state index contributed by atoms with van der Waals surface area (Å²) < 4.78 is 5.91. The lowest BCUT2D eigenvalue weighted by molar-refractivity contribution is -0.133. The largest absolute Gasteiger partial charge is 0.375 e. The Morgan fingerprint density at radius 2 is 1.72 bits per heavy atom. The number of benzene rings is 1. The number of amides is 3. The van der Waals surface area contributed by atoms with E-state index in [4.69, 9.17) is 10.5 Å². The first kappa shape index (κ1) is 23.1. The molecular weight excluding hydrogens is 404 g/mol. The van der Waals surface area contributed by atoms with Crippen molar-refractivity contribution >= 4 is 11.9 Å². The van der Waals surface area contributed by atoms with Crippen molar-refractivity contribution in [2.24, 2.45) is 11.7 Å². The highest BCUT2D eigenvalue weighted by Crippen LogP contribution is 2.28. The molecule has 2 heterocycles. The van der Waals surface area contributed by atoms with Gasteiger partial charge in [-0.1, -0.05) is 30.3 Å². The Bertz CT molecular complexity index is 745. The van der Waals surface area contributed by atoms with Gasteiger partial charge in [-0.2, -0.15) is 0 Å². The first-order chi connectivity index (χ1) is 15.6. The van der Waals surface area contributed by atoms with Crippen LogP contribution in [0.3, 0.4) is 0 Å². The smallest absolute Gasteiger partial charge is 0.317 e. The van der Waals surface area contributed by atoms with Crippen LogP contribution in [0.2, 0.25) is 0 Å². The van der Waals surface area contributed by atoms with Gasteiger partial charge in [0.15, 0.2) is 0 Å². The summed E-state index contributed by atoms with van der Waals surface area (Å²) in [6.07, 6.45) is 7.76. The molecule has 0 aromatic heterocycles. The minimum absolute atomic E-state index is 0.0247. The molecule has 3 N–H and O–H groups in total. The molecule has 0 radical (unpaired) electrons. The zero-order valence-corrected chi connectivity index (χ0v) is 19.1. The monoisotopic (exact) mass is 442 g/mol. The van der Waals surface area contributed by atoms with E-state index in [0.717, 1.165) is 76.6 Å². The van der Waals surface area contributed by atoms with Crippen LogP contribution in [-0.2, 0) is 16.1 Å². The summed E-state index contributed by atoms with van der Waals surface area (Å²) in [5, 5.41) is 3.24. The van der Waals surface area contributed by atoms with Gasteiger partial charge in [0, 0.05) is 25.7 Å². The number of rotatable bonds is 7. The van der Waals surface area contributed by atoms with E-state index >= 15 is 0 Å². The van der Waals surface area contributed by atoms with E-state index in [0.29, 0.717) is 13.2 Å². The molecule has 7 nitrogen and oxygen atoms in total. The molecule has 2 aliphatic heterocycles. The third-order valence-corrected chi connectivity index (χ3v) is 7.37. The van der Waals surface area contributed by atoms with Crippen LogP contribution in [0.1, 0.15) is 56.9 Å². The number of likely N-dealkylation sites (tertiary alicyclic amines) is 2. The summed E-state index contributed by atoms with van der Waals surface area (Å²) in [5.41, 5.74) is 7.48. The number of nitrogens with one attached hydrogen (secondary N) is 1. The third kappa shape index (κ3) is 5.81. The van der Waals surface area contributed by atoms with E-state index in [2.05, 4.69) is 17.4 Å². The zero-order valence-electron chi connectivity index (χ0n) is 19.1. The Balaban J connectivity index is 1.19. The molecule has 1 unspecified atom stereocenters. The molecule has 0 bridgehead atoms. The molecule has 2 atom stereocenters.